The van der Waals surface area contributed by atoms with Gasteiger partial charge in [-0.3, -0.25) is 9.20 Å². The highest BCUT2D eigenvalue weighted by molar-refractivity contribution is 8.09. The summed E-state index contributed by atoms with van der Waals surface area (Å²) < 4.78 is 2.12. The van der Waals surface area contributed by atoms with Crippen molar-refractivity contribution in [3.8, 4) is 0 Å². The molecule has 9 heteroatoms. The molecular weight excluding hydrogens is 434 g/mol. The molecule has 0 radical (unpaired) electrons. The third-order valence-corrected chi connectivity index (χ3v) is 6.58. The lowest BCUT2D eigenvalue weighted by Crippen LogP contribution is -2.27. The lowest BCUT2D eigenvalue weighted by Gasteiger charge is -2.15. The number of carbonyl (C=O) groups is 1. The number of aromatic nitrogens is 3. The summed E-state index contributed by atoms with van der Waals surface area (Å²) in [5, 5.41) is 9.76. The molecule has 166 valence electrons. The Morgan fingerprint density at radius 1 is 1.12 bits per heavy atom. The van der Waals surface area contributed by atoms with Crippen LogP contribution in [0, 0.1) is 6.92 Å². The smallest absolute Gasteiger partial charge is 0.255 e. The summed E-state index contributed by atoms with van der Waals surface area (Å²) in [5.41, 5.74) is 11.8. The second-order valence-corrected chi connectivity index (χ2v) is 8.80. The fourth-order valence-corrected chi connectivity index (χ4v) is 5.03. The van der Waals surface area contributed by atoms with Crippen molar-refractivity contribution in [2.45, 2.75) is 19.3 Å². The Morgan fingerprint density at radius 3 is 2.73 bits per heavy atom. The van der Waals surface area contributed by atoms with E-state index in [9.17, 15) is 4.79 Å². The molecule has 1 aliphatic heterocycles. The molecule has 0 saturated heterocycles. The first kappa shape index (κ1) is 20.9. The number of imidazole rings is 1. The molecule has 1 amide bonds. The van der Waals surface area contributed by atoms with Crippen molar-refractivity contribution in [1.29, 1.82) is 0 Å². The van der Waals surface area contributed by atoms with Gasteiger partial charge in [-0.1, -0.05) is 17.8 Å². The van der Waals surface area contributed by atoms with Crippen LogP contribution >= 0.6 is 11.8 Å². The number of amides is 1. The maximum Gasteiger partial charge on any atom is 0.255 e. The number of carbonyl (C=O) groups excluding carboxylic acids is 1. The van der Waals surface area contributed by atoms with E-state index >= 15 is 0 Å². The molecule has 4 aromatic rings. The van der Waals surface area contributed by atoms with Crippen LogP contribution in [0.5, 0.6) is 0 Å². The minimum absolute atomic E-state index is 0.0384. The van der Waals surface area contributed by atoms with E-state index in [1.54, 1.807) is 42.2 Å². The van der Waals surface area contributed by atoms with Gasteiger partial charge in [0.2, 0.25) is 0 Å². The molecule has 3 aromatic heterocycles. The van der Waals surface area contributed by atoms with Gasteiger partial charge in [-0.15, -0.1) is 0 Å². The number of nitrogen functional groups attached to an aromatic ring is 1. The normalized spacial score (nSPS) is 15.5. The van der Waals surface area contributed by atoms with E-state index in [2.05, 4.69) is 37.2 Å². The van der Waals surface area contributed by atoms with Gasteiger partial charge in [-0.05, 0) is 62.4 Å². The van der Waals surface area contributed by atoms with Crippen LogP contribution in [0.15, 0.2) is 72.7 Å². The predicted molar refractivity (Wildman–Crippen MR) is 134 cm³/mol. The zero-order valence-corrected chi connectivity index (χ0v) is 19.0. The minimum atomic E-state index is -0.238. The number of rotatable bonds is 5. The number of pyridine rings is 2. The Morgan fingerprint density at radius 2 is 1.94 bits per heavy atom. The Balaban J connectivity index is 1.27. The van der Waals surface area contributed by atoms with Crippen molar-refractivity contribution in [3.63, 3.8) is 0 Å². The van der Waals surface area contributed by atoms with E-state index in [0.29, 0.717) is 11.3 Å². The second-order valence-electron chi connectivity index (χ2n) is 7.68. The van der Waals surface area contributed by atoms with E-state index in [4.69, 9.17) is 5.73 Å². The number of aryl methyl sites for hydroxylation is 1. The van der Waals surface area contributed by atoms with Crippen LogP contribution in [0.4, 0.5) is 17.2 Å². The van der Waals surface area contributed by atoms with E-state index < -0.39 is 0 Å². The van der Waals surface area contributed by atoms with Gasteiger partial charge in [0.15, 0.2) is 0 Å². The van der Waals surface area contributed by atoms with Gasteiger partial charge in [0.1, 0.15) is 17.0 Å². The molecule has 0 fully saturated rings. The number of nitrogens with one attached hydrogen (secondary N) is 3. The molecule has 1 aliphatic rings. The van der Waals surface area contributed by atoms with E-state index in [0.717, 1.165) is 33.3 Å². The van der Waals surface area contributed by atoms with Crippen LogP contribution in [0.25, 0.3) is 10.6 Å². The first-order valence-electron chi connectivity index (χ1n) is 10.5. The number of thioether (sulfide) groups is 1. The fourth-order valence-electron chi connectivity index (χ4n) is 3.77. The number of hydrogen-bond donors (Lipinski definition) is 4. The number of allylic oxidation sites excluding steroid dienone is 1. The first-order chi connectivity index (χ1) is 16.0. The summed E-state index contributed by atoms with van der Waals surface area (Å²) in [6.07, 6.45) is 3.62. The van der Waals surface area contributed by atoms with Gasteiger partial charge < -0.3 is 21.7 Å². The topological polar surface area (TPSA) is 109 Å². The quantitative estimate of drug-likeness (QED) is 0.354. The van der Waals surface area contributed by atoms with Gasteiger partial charge >= 0.3 is 0 Å². The monoisotopic (exact) mass is 457 g/mol. The summed E-state index contributed by atoms with van der Waals surface area (Å²) in [7, 11) is 0. The molecule has 1 unspecified atom stereocenters. The number of anilines is 3. The lowest BCUT2D eigenvalue weighted by molar-refractivity contribution is 0.102. The third-order valence-electron chi connectivity index (χ3n) is 5.37. The van der Waals surface area contributed by atoms with Crippen LogP contribution in [0.1, 0.15) is 28.7 Å². The zero-order valence-electron chi connectivity index (χ0n) is 18.2. The van der Waals surface area contributed by atoms with Crippen molar-refractivity contribution < 1.29 is 4.79 Å². The average Bonchev–Trinajstić information content (AvgIpc) is 3.33. The molecule has 0 saturated carbocycles. The van der Waals surface area contributed by atoms with Gasteiger partial charge in [0.05, 0.1) is 22.0 Å². The highest BCUT2D eigenvalue weighted by atomic mass is 32.2. The number of nitrogens with two attached hydrogens (primary N) is 1. The van der Waals surface area contributed by atoms with Gasteiger partial charge in [-0.2, -0.15) is 0 Å². The summed E-state index contributed by atoms with van der Waals surface area (Å²) in [5.74, 6) is 0.0471. The van der Waals surface area contributed by atoms with E-state index in [1.165, 1.54) is 0 Å². The Labute approximate surface area is 195 Å². The molecular formula is C24H23N7OS. The Hall–Kier alpha value is -3.98. The van der Waals surface area contributed by atoms with E-state index in [-0.39, 0.29) is 17.2 Å². The van der Waals surface area contributed by atoms with Crippen molar-refractivity contribution in [2.75, 3.05) is 16.4 Å². The Kier molecular flexibility index (Phi) is 5.39. The maximum absolute atomic E-state index is 12.5. The van der Waals surface area contributed by atoms with Crippen LogP contribution in [-0.2, 0) is 0 Å². The van der Waals surface area contributed by atoms with Crippen LogP contribution in [-0.4, -0.2) is 25.8 Å². The molecule has 0 aliphatic carbocycles. The van der Waals surface area contributed by atoms with Crippen molar-refractivity contribution in [1.82, 2.24) is 19.7 Å². The predicted octanol–water partition coefficient (Wildman–Crippen LogP) is 4.29. The summed E-state index contributed by atoms with van der Waals surface area (Å²) >= 11 is 1.71. The van der Waals surface area contributed by atoms with Crippen LogP contribution in [0.3, 0.4) is 0 Å². The molecule has 5 N–H and O–H groups in total. The minimum Gasteiger partial charge on any atom is -0.382 e. The number of fused-ring (bicyclic) bond motifs is 1. The molecule has 8 nitrogen and oxygen atoms in total. The van der Waals surface area contributed by atoms with Crippen molar-refractivity contribution in [2.24, 2.45) is 0 Å². The maximum atomic E-state index is 12.5. The molecule has 4 heterocycles. The van der Waals surface area contributed by atoms with Gasteiger partial charge in [-0.25, -0.2) is 9.97 Å². The molecule has 5 rings (SSSR count). The summed E-state index contributed by atoms with van der Waals surface area (Å²) in [6, 6.07) is 16.8. The standard InChI is InChI=1S/C24H23N7OS/c1-14-20(31-13-4-3-7-19(31)27-14)21-15(2)28-24(33-21)29-17-10-8-16(9-11-17)23(32)30-18-6-5-12-26-22(18)25/h3-13,24,28-29H,1-2H3,(H2,25,26)(H,30,32). The largest absolute Gasteiger partial charge is 0.382 e. The Bertz CT molecular complexity index is 1380. The van der Waals surface area contributed by atoms with Crippen molar-refractivity contribution >= 4 is 45.4 Å². The molecule has 1 atom stereocenters. The molecule has 0 bridgehead atoms. The molecule has 0 spiro atoms. The van der Waals surface area contributed by atoms with Crippen LogP contribution < -0.4 is 21.7 Å². The highest BCUT2D eigenvalue weighted by Gasteiger charge is 2.26. The zero-order chi connectivity index (χ0) is 22.9. The summed E-state index contributed by atoms with van der Waals surface area (Å²) in [4.78, 5) is 22.4. The van der Waals surface area contributed by atoms with Gasteiger partial charge in [0.25, 0.3) is 5.91 Å². The van der Waals surface area contributed by atoms with Gasteiger partial charge in [0, 0.05) is 29.3 Å². The van der Waals surface area contributed by atoms with Crippen LogP contribution in [0.2, 0.25) is 0 Å². The SMILES string of the molecule is CC1=C(c2c(C)nc3ccccn23)SC(Nc2ccc(C(=O)Nc3cccnc3N)cc2)N1. The number of benzene rings is 1. The highest BCUT2D eigenvalue weighted by Crippen LogP contribution is 2.39. The van der Waals surface area contributed by atoms with E-state index in [1.807, 2.05) is 43.5 Å². The average molecular weight is 458 g/mol. The lowest BCUT2D eigenvalue weighted by atomic mass is 10.2. The third kappa shape index (κ3) is 4.10. The fraction of sp³-hybridized carbons (Fsp3) is 0.125. The molecule has 1 aromatic carbocycles. The first-order valence-corrected chi connectivity index (χ1v) is 11.3. The summed E-state index contributed by atoms with van der Waals surface area (Å²) in [6.45, 7) is 4.11. The molecule has 33 heavy (non-hydrogen) atoms. The van der Waals surface area contributed by atoms with Crippen molar-refractivity contribution in [3.05, 3.63) is 89.6 Å². The number of hydrogen-bond acceptors (Lipinski definition) is 7. The second kappa shape index (κ2) is 8.51. The number of nitrogens with zero attached hydrogens (tertiary/aromatic N) is 3.